The van der Waals surface area contributed by atoms with Crippen molar-refractivity contribution in [3.05, 3.63) is 71.8 Å². The molecule has 1 fully saturated rings. The highest BCUT2D eigenvalue weighted by Crippen LogP contribution is 2.28. The van der Waals surface area contributed by atoms with Gasteiger partial charge in [-0.2, -0.15) is 0 Å². The number of hydrogen-bond donors (Lipinski definition) is 1. The van der Waals surface area contributed by atoms with E-state index in [2.05, 4.69) is 31.2 Å². The molecule has 3 nitrogen and oxygen atoms in total. The smallest absolute Gasteiger partial charge is 0.158 e. The number of aryl methyl sites for hydroxylation is 1. The highest BCUT2D eigenvalue weighted by molar-refractivity contribution is 5.17. The molecule has 1 aliphatic heterocycles. The number of aliphatic hydroxyl groups excluding tert-OH is 1. The van der Waals surface area contributed by atoms with Crippen LogP contribution in [0.1, 0.15) is 37.0 Å². The van der Waals surface area contributed by atoms with Crippen molar-refractivity contribution in [2.75, 3.05) is 6.61 Å². The predicted octanol–water partition coefficient (Wildman–Crippen LogP) is 4.12. The van der Waals surface area contributed by atoms with Gasteiger partial charge in [0.05, 0.1) is 18.8 Å². The number of benzene rings is 2. The fourth-order valence-corrected chi connectivity index (χ4v) is 3.17. The minimum Gasteiger partial charge on any atom is -0.388 e. The standard InChI is InChI=1S/C21H26O3/c1-16(14-19(22)18-10-6-3-7-11-18)20-15-23-21(24-20)13-12-17-8-4-2-5-9-17/h2-11,16,19-22H,12-15H2,1H3. The summed E-state index contributed by atoms with van der Waals surface area (Å²) in [6.45, 7) is 2.74. The lowest BCUT2D eigenvalue weighted by atomic mass is 9.94. The highest BCUT2D eigenvalue weighted by Gasteiger charge is 2.31. The van der Waals surface area contributed by atoms with Crippen molar-refractivity contribution in [2.24, 2.45) is 5.92 Å². The fourth-order valence-electron chi connectivity index (χ4n) is 3.17. The molecule has 2 aromatic rings. The van der Waals surface area contributed by atoms with Crippen LogP contribution in [0.25, 0.3) is 0 Å². The molecular formula is C21H26O3. The second kappa shape index (κ2) is 8.43. The van der Waals surface area contributed by atoms with Gasteiger partial charge in [0, 0.05) is 6.42 Å². The molecule has 0 radical (unpaired) electrons. The molecule has 2 aromatic carbocycles. The lowest BCUT2D eigenvalue weighted by molar-refractivity contribution is -0.0722. The van der Waals surface area contributed by atoms with Gasteiger partial charge < -0.3 is 14.6 Å². The van der Waals surface area contributed by atoms with Crippen molar-refractivity contribution >= 4 is 0 Å². The Morgan fingerprint density at radius 3 is 2.42 bits per heavy atom. The van der Waals surface area contributed by atoms with E-state index in [9.17, 15) is 5.11 Å². The van der Waals surface area contributed by atoms with E-state index in [0.717, 1.165) is 18.4 Å². The Bertz CT molecular complexity index is 599. The fraction of sp³-hybridized carbons (Fsp3) is 0.429. The first kappa shape index (κ1) is 17.2. The Morgan fingerprint density at radius 1 is 1.04 bits per heavy atom. The number of ether oxygens (including phenoxy) is 2. The largest absolute Gasteiger partial charge is 0.388 e. The minimum absolute atomic E-state index is 0.0594. The van der Waals surface area contributed by atoms with Gasteiger partial charge in [-0.1, -0.05) is 67.6 Å². The van der Waals surface area contributed by atoms with Crippen LogP contribution in [0.15, 0.2) is 60.7 Å². The van der Waals surface area contributed by atoms with Gasteiger partial charge in [0.25, 0.3) is 0 Å². The van der Waals surface area contributed by atoms with E-state index in [1.54, 1.807) is 0 Å². The molecule has 1 N–H and O–H groups in total. The summed E-state index contributed by atoms with van der Waals surface area (Å²) < 4.78 is 11.8. The van der Waals surface area contributed by atoms with E-state index in [1.165, 1.54) is 5.56 Å². The maximum atomic E-state index is 10.4. The number of hydrogen-bond acceptors (Lipinski definition) is 3. The first-order valence-electron chi connectivity index (χ1n) is 8.76. The lowest BCUT2D eigenvalue weighted by Crippen LogP contribution is -2.23. The second-order valence-electron chi connectivity index (χ2n) is 6.60. The topological polar surface area (TPSA) is 38.7 Å². The van der Waals surface area contributed by atoms with E-state index in [1.807, 2.05) is 36.4 Å². The van der Waals surface area contributed by atoms with E-state index in [4.69, 9.17) is 9.47 Å². The highest BCUT2D eigenvalue weighted by atomic mass is 16.7. The zero-order valence-corrected chi connectivity index (χ0v) is 14.2. The maximum absolute atomic E-state index is 10.4. The van der Waals surface area contributed by atoms with E-state index in [-0.39, 0.29) is 18.3 Å². The molecular weight excluding hydrogens is 300 g/mol. The van der Waals surface area contributed by atoms with Crippen LogP contribution in [-0.4, -0.2) is 24.1 Å². The molecule has 1 aliphatic rings. The van der Waals surface area contributed by atoms with Crippen molar-refractivity contribution in [2.45, 2.75) is 44.7 Å². The Kier molecular flexibility index (Phi) is 6.02. The number of rotatable bonds is 7. The average Bonchev–Trinajstić information content (AvgIpc) is 3.11. The zero-order valence-electron chi connectivity index (χ0n) is 14.2. The molecule has 0 bridgehead atoms. The van der Waals surface area contributed by atoms with Gasteiger partial charge in [0.2, 0.25) is 0 Å². The van der Waals surface area contributed by atoms with Crippen LogP contribution < -0.4 is 0 Å². The molecule has 1 heterocycles. The Hall–Kier alpha value is -1.68. The van der Waals surface area contributed by atoms with Crippen molar-refractivity contribution in [1.29, 1.82) is 0 Å². The molecule has 3 rings (SSSR count). The average molecular weight is 326 g/mol. The molecule has 0 amide bonds. The molecule has 4 unspecified atom stereocenters. The molecule has 0 saturated carbocycles. The second-order valence-corrected chi connectivity index (χ2v) is 6.60. The molecule has 3 heteroatoms. The monoisotopic (exact) mass is 326 g/mol. The third kappa shape index (κ3) is 4.67. The van der Waals surface area contributed by atoms with Crippen LogP contribution >= 0.6 is 0 Å². The molecule has 1 saturated heterocycles. The molecule has 0 spiro atoms. The molecule has 128 valence electrons. The van der Waals surface area contributed by atoms with Crippen molar-refractivity contribution in [3.8, 4) is 0 Å². The van der Waals surface area contributed by atoms with Crippen molar-refractivity contribution in [3.63, 3.8) is 0 Å². The molecule has 0 aromatic heterocycles. The van der Waals surface area contributed by atoms with Crippen LogP contribution in [0.3, 0.4) is 0 Å². The van der Waals surface area contributed by atoms with Crippen molar-refractivity contribution in [1.82, 2.24) is 0 Å². The zero-order chi connectivity index (χ0) is 16.8. The Balaban J connectivity index is 1.44. The van der Waals surface area contributed by atoms with Crippen LogP contribution in [0.4, 0.5) is 0 Å². The summed E-state index contributed by atoms with van der Waals surface area (Å²) in [4.78, 5) is 0. The SMILES string of the molecule is CC(CC(O)c1ccccc1)C1COC(CCc2ccccc2)O1. The maximum Gasteiger partial charge on any atom is 0.158 e. The van der Waals surface area contributed by atoms with Gasteiger partial charge >= 0.3 is 0 Å². The quantitative estimate of drug-likeness (QED) is 0.832. The summed E-state index contributed by atoms with van der Waals surface area (Å²) in [5, 5.41) is 10.4. The van der Waals surface area contributed by atoms with Crippen LogP contribution in [0.2, 0.25) is 0 Å². The summed E-state index contributed by atoms with van der Waals surface area (Å²) in [6.07, 6.45) is 1.99. The molecule has 4 atom stereocenters. The summed E-state index contributed by atoms with van der Waals surface area (Å²) in [5.74, 6) is 0.252. The van der Waals surface area contributed by atoms with Crippen molar-refractivity contribution < 1.29 is 14.6 Å². The third-order valence-electron chi connectivity index (χ3n) is 4.70. The summed E-state index contributed by atoms with van der Waals surface area (Å²) in [7, 11) is 0. The van der Waals surface area contributed by atoms with Crippen LogP contribution in [0.5, 0.6) is 0 Å². The summed E-state index contributed by atoms with van der Waals surface area (Å²) in [5.41, 5.74) is 2.27. The first-order chi connectivity index (χ1) is 11.7. The molecule has 24 heavy (non-hydrogen) atoms. The van der Waals surface area contributed by atoms with Crippen LogP contribution in [0, 0.1) is 5.92 Å². The normalized spacial score (nSPS) is 23.1. The molecule has 0 aliphatic carbocycles. The van der Waals surface area contributed by atoms with Gasteiger partial charge in [0.1, 0.15) is 0 Å². The van der Waals surface area contributed by atoms with Gasteiger partial charge in [0.15, 0.2) is 6.29 Å². The number of aliphatic hydroxyl groups is 1. The lowest BCUT2D eigenvalue weighted by Gasteiger charge is -2.21. The minimum atomic E-state index is -0.451. The van der Waals surface area contributed by atoms with Gasteiger partial charge in [-0.25, -0.2) is 0 Å². The summed E-state index contributed by atoms with van der Waals surface area (Å²) in [6, 6.07) is 20.2. The van der Waals surface area contributed by atoms with E-state index < -0.39 is 6.10 Å². The van der Waals surface area contributed by atoms with Gasteiger partial charge in [-0.15, -0.1) is 0 Å². The predicted molar refractivity (Wildman–Crippen MR) is 94.6 cm³/mol. The van der Waals surface area contributed by atoms with Gasteiger partial charge in [-0.05, 0) is 29.9 Å². The van der Waals surface area contributed by atoms with Gasteiger partial charge in [-0.3, -0.25) is 0 Å². The van der Waals surface area contributed by atoms with E-state index >= 15 is 0 Å². The first-order valence-corrected chi connectivity index (χ1v) is 8.76. The Labute approximate surface area is 144 Å². The van der Waals surface area contributed by atoms with Crippen LogP contribution in [-0.2, 0) is 15.9 Å². The Morgan fingerprint density at radius 2 is 1.71 bits per heavy atom. The van der Waals surface area contributed by atoms with E-state index in [0.29, 0.717) is 13.0 Å². The summed E-state index contributed by atoms with van der Waals surface area (Å²) >= 11 is 0. The third-order valence-corrected chi connectivity index (χ3v) is 4.70.